The van der Waals surface area contributed by atoms with E-state index in [1.807, 2.05) is 13.8 Å². The van der Waals surface area contributed by atoms with Crippen LogP contribution in [0.5, 0.6) is 0 Å². The number of hydrogen-bond acceptors (Lipinski definition) is 3. The van der Waals surface area contributed by atoms with E-state index in [4.69, 9.17) is 4.42 Å². The van der Waals surface area contributed by atoms with Gasteiger partial charge in [0.05, 0.1) is 18.0 Å². The molecule has 90 valence electrons. The molecule has 0 bridgehead atoms. The van der Waals surface area contributed by atoms with Gasteiger partial charge in [-0.05, 0) is 35.8 Å². The standard InChI is InChI=1S/C11H12BrN3O2/c1-7(2)15-9(3-5-13-15)14-11(16)8-4-6-17-10(8)12/h3-7H,1-2H3,(H,14,16). The average molecular weight is 298 g/mol. The van der Waals surface area contributed by atoms with Crippen LogP contribution >= 0.6 is 15.9 Å². The first kappa shape index (κ1) is 11.9. The molecule has 2 aromatic rings. The Hall–Kier alpha value is -1.56. The SMILES string of the molecule is CC(C)n1nccc1NC(=O)c1ccoc1Br. The molecule has 0 saturated heterocycles. The summed E-state index contributed by atoms with van der Waals surface area (Å²) in [5, 5.41) is 6.93. The lowest BCUT2D eigenvalue weighted by Gasteiger charge is -2.11. The molecule has 0 radical (unpaired) electrons. The molecule has 0 aliphatic rings. The minimum atomic E-state index is -0.229. The van der Waals surface area contributed by atoms with Crippen LogP contribution < -0.4 is 5.32 Å². The number of amides is 1. The lowest BCUT2D eigenvalue weighted by molar-refractivity contribution is 0.102. The van der Waals surface area contributed by atoms with Crippen molar-refractivity contribution in [3.63, 3.8) is 0 Å². The molecule has 0 saturated carbocycles. The molecule has 5 nitrogen and oxygen atoms in total. The van der Waals surface area contributed by atoms with Crippen molar-refractivity contribution in [1.82, 2.24) is 9.78 Å². The molecular weight excluding hydrogens is 286 g/mol. The van der Waals surface area contributed by atoms with E-state index in [9.17, 15) is 4.79 Å². The third kappa shape index (κ3) is 2.41. The van der Waals surface area contributed by atoms with E-state index in [1.165, 1.54) is 6.26 Å². The molecule has 0 fully saturated rings. The third-order valence-corrected chi connectivity index (χ3v) is 2.88. The van der Waals surface area contributed by atoms with E-state index < -0.39 is 0 Å². The summed E-state index contributed by atoms with van der Waals surface area (Å²) in [5.74, 6) is 0.436. The van der Waals surface area contributed by atoms with Crippen molar-refractivity contribution in [2.45, 2.75) is 19.9 Å². The van der Waals surface area contributed by atoms with E-state index in [-0.39, 0.29) is 11.9 Å². The number of carbonyl (C=O) groups is 1. The lowest BCUT2D eigenvalue weighted by atomic mass is 10.3. The molecule has 1 N–H and O–H groups in total. The van der Waals surface area contributed by atoms with Crippen molar-refractivity contribution >= 4 is 27.7 Å². The van der Waals surface area contributed by atoms with E-state index in [1.54, 1.807) is 23.0 Å². The summed E-state index contributed by atoms with van der Waals surface area (Å²) < 4.78 is 7.18. The van der Waals surface area contributed by atoms with Crippen LogP contribution in [-0.4, -0.2) is 15.7 Å². The molecule has 2 heterocycles. The Labute approximate surface area is 107 Å². The van der Waals surface area contributed by atoms with E-state index in [2.05, 4.69) is 26.3 Å². The maximum Gasteiger partial charge on any atom is 0.261 e. The van der Waals surface area contributed by atoms with Crippen LogP contribution in [0.25, 0.3) is 0 Å². The Kier molecular flexibility index (Phi) is 3.33. The van der Waals surface area contributed by atoms with Crippen molar-refractivity contribution in [3.8, 4) is 0 Å². The normalized spacial score (nSPS) is 10.8. The highest BCUT2D eigenvalue weighted by Crippen LogP contribution is 2.20. The molecule has 2 aromatic heterocycles. The first-order valence-corrected chi connectivity index (χ1v) is 5.96. The summed E-state index contributed by atoms with van der Waals surface area (Å²) in [6.07, 6.45) is 3.11. The zero-order valence-corrected chi connectivity index (χ0v) is 11.1. The minimum Gasteiger partial charge on any atom is -0.457 e. The Bertz CT molecular complexity index is 530. The minimum absolute atomic E-state index is 0.188. The van der Waals surface area contributed by atoms with Crippen molar-refractivity contribution in [1.29, 1.82) is 0 Å². The van der Waals surface area contributed by atoms with Gasteiger partial charge < -0.3 is 9.73 Å². The van der Waals surface area contributed by atoms with E-state index in [0.717, 1.165) is 0 Å². The van der Waals surface area contributed by atoms with Gasteiger partial charge in [-0.15, -0.1) is 0 Å². The maximum atomic E-state index is 11.9. The van der Waals surface area contributed by atoms with Gasteiger partial charge in [-0.3, -0.25) is 4.79 Å². The van der Waals surface area contributed by atoms with Crippen LogP contribution in [0.1, 0.15) is 30.2 Å². The number of rotatable bonds is 3. The second kappa shape index (κ2) is 4.75. The summed E-state index contributed by atoms with van der Waals surface area (Å²) >= 11 is 3.17. The summed E-state index contributed by atoms with van der Waals surface area (Å²) in [6, 6.07) is 3.55. The van der Waals surface area contributed by atoms with Crippen LogP contribution in [-0.2, 0) is 0 Å². The number of aromatic nitrogens is 2. The van der Waals surface area contributed by atoms with Crippen molar-refractivity contribution < 1.29 is 9.21 Å². The number of nitrogens with one attached hydrogen (secondary N) is 1. The van der Waals surface area contributed by atoms with Gasteiger partial charge in [0.1, 0.15) is 5.82 Å². The maximum absolute atomic E-state index is 11.9. The van der Waals surface area contributed by atoms with Gasteiger partial charge in [0.25, 0.3) is 5.91 Å². The number of carbonyl (C=O) groups excluding carboxylic acids is 1. The van der Waals surface area contributed by atoms with Crippen molar-refractivity contribution in [2.75, 3.05) is 5.32 Å². The van der Waals surface area contributed by atoms with Crippen LogP contribution in [0.4, 0.5) is 5.82 Å². The van der Waals surface area contributed by atoms with E-state index >= 15 is 0 Å². The topological polar surface area (TPSA) is 60.1 Å². The average Bonchev–Trinajstić information content (AvgIpc) is 2.86. The second-order valence-electron chi connectivity index (χ2n) is 3.82. The van der Waals surface area contributed by atoms with Crippen LogP contribution in [0.15, 0.2) is 33.7 Å². The van der Waals surface area contributed by atoms with Gasteiger partial charge in [0.15, 0.2) is 4.67 Å². The molecule has 17 heavy (non-hydrogen) atoms. The first-order valence-electron chi connectivity index (χ1n) is 5.17. The number of hydrogen-bond donors (Lipinski definition) is 1. The number of nitrogens with zero attached hydrogens (tertiary/aromatic N) is 2. The molecule has 0 unspecified atom stereocenters. The van der Waals surface area contributed by atoms with Gasteiger partial charge in [-0.1, -0.05) is 0 Å². The first-order chi connectivity index (χ1) is 8.09. The fourth-order valence-corrected chi connectivity index (χ4v) is 1.88. The predicted molar refractivity (Wildman–Crippen MR) is 67.0 cm³/mol. The molecule has 6 heteroatoms. The largest absolute Gasteiger partial charge is 0.457 e. The number of furan rings is 1. The molecule has 0 aromatic carbocycles. The lowest BCUT2D eigenvalue weighted by Crippen LogP contribution is -2.16. The number of anilines is 1. The summed E-state index contributed by atoms with van der Waals surface area (Å²) in [7, 11) is 0. The zero-order valence-electron chi connectivity index (χ0n) is 9.48. The molecule has 0 atom stereocenters. The Morgan fingerprint density at radius 3 is 2.88 bits per heavy atom. The van der Waals surface area contributed by atoms with Gasteiger partial charge in [-0.25, -0.2) is 4.68 Å². The Balaban J connectivity index is 2.19. The smallest absolute Gasteiger partial charge is 0.261 e. The molecule has 1 amide bonds. The van der Waals surface area contributed by atoms with Crippen LogP contribution in [0.3, 0.4) is 0 Å². The summed E-state index contributed by atoms with van der Waals surface area (Å²) in [5.41, 5.74) is 0.460. The monoisotopic (exact) mass is 297 g/mol. The van der Waals surface area contributed by atoms with Gasteiger partial charge >= 0.3 is 0 Å². The van der Waals surface area contributed by atoms with Gasteiger partial charge in [0.2, 0.25) is 0 Å². The van der Waals surface area contributed by atoms with Gasteiger partial charge in [-0.2, -0.15) is 5.10 Å². The van der Waals surface area contributed by atoms with Gasteiger partial charge in [0, 0.05) is 12.1 Å². The van der Waals surface area contributed by atoms with E-state index in [0.29, 0.717) is 16.1 Å². The van der Waals surface area contributed by atoms with Crippen molar-refractivity contribution in [2.24, 2.45) is 0 Å². The predicted octanol–water partition coefficient (Wildman–Crippen LogP) is 3.07. The van der Waals surface area contributed by atoms with Crippen LogP contribution in [0, 0.1) is 0 Å². The zero-order chi connectivity index (χ0) is 12.4. The Morgan fingerprint density at radius 2 is 2.29 bits per heavy atom. The highest BCUT2D eigenvalue weighted by molar-refractivity contribution is 9.10. The highest BCUT2D eigenvalue weighted by Gasteiger charge is 2.15. The molecule has 2 rings (SSSR count). The van der Waals surface area contributed by atoms with Crippen LogP contribution in [0.2, 0.25) is 0 Å². The van der Waals surface area contributed by atoms with Crippen molar-refractivity contribution in [3.05, 3.63) is 34.8 Å². The molecule has 0 aliphatic carbocycles. The second-order valence-corrected chi connectivity index (χ2v) is 4.54. The fraction of sp³-hybridized carbons (Fsp3) is 0.273. The Morgan fingerprint density at radius 1 is 1.53 bits per heavy atom. The number of halogens is 1. The highest BCUT2D eigenvalue weighted by atomic mass is 79.9. The fourth-order valence-electron chi connectivity index (χ4n) is 1.46. The quantitative estimate of drug-likeness (QED) is 0.947. The summed E-state index contributed by atoms with van der Waals surface area (Å²) in [4.78, 5) is 11.9. The molecule has 0 spiro atoms. The summed E-state index contributed by atoms with van der Waals surface area (Å²) in [6.45, 7) is 3.99. The third-order valence-electron chi connectivity index (χ3n) is 2.26. The molecular formula is C11H12BrN3O2. The molecule has 0 aliphatic heterocycles.